The van der Waals surface area contributed by atoms with Crippen LogP contribution in [0.25, 0.3) is 11.6 Å². The summed E-state index contributed by atoms with van der Waals surface area (Å²) in [5.74, 6) is 1.04. The van der Waals surface area contributed by atoms with Gasteiger partial charge in [-0.3, -0.25) is 10.1 Å². The van der Waals surface area contributed by atoms with Gasteiger partial charge in [0.25, 0.3) is 0 Å². The summed E-state index contributed by atoms with van der Waals surface area (Å²) >= 11 is 0. The second-order valence-corrected chi connectivity index (χ2v) is 7.05. The van der Waals surface area contributed by atoms with Crippen LogP contribution in [0.5, 0.6) is 5.75 Å². The van der Waals surface area contributed by atoms with Crippen LogP contribution < -0.4 is 20.1 Å². The maximum Gasteiger partial charge on any atom is 0.351 e. The molecule has 0 spiro atoms. The fourth-order valence-corrected chi connectivity index (χ4v) is 3.04. The highest BCUT2D eigenvalue weighted by Gasteiger charge is 2.27. The molecule has 0 aliphatic carbocycles. The van der Waals surface area contributed by atoms with Gasteiger partial charge in [0.05, 0.1) is 18.4 Å². The Morgan fingerprint density at radius 1 is 1.19 bits per heavy atom. The molecule has 0 atom stereocenters. The number of aromatic nitrogens is 3. The number of rotatable bonds is 7. The second kappa shape index (κ2) is 8.72. The van der Waals surface area contributed by atoms with Crippen molar-refractivity contribution in [3.05, 3.63) is 78.1 Å². The van der Waals surface area contributed by atoms with Gasteiger partial charge < -0.3 is 14.2 Å². The minimum absolute atomic E-state index is 0.156. The molecule has 4 rings (SSSR count). The number of anilines is 2. The summed E-state index contributed by atoms with van der Waals surface area (Å²) in [6.45, 7) is 0.473. The molecule has 3 N–H and O–H groups in total. The third-order valence-electron chi connectivity index (χ3n) is 4.69. The van der Waals surface area contributed by atoms with Gasteiger partial charge in [0.1, 0.15) is 0 Å². The minimum Gasteiger partial charge on any atom is -0.459 e. The van der Waals surface area contributed by atoms with Gasteiger partial charge in [-0.15, -0.1) is 0 Å². The molecule has 2 aromatic heterocycles. The van der Waals surface area contributed by atoms with Crippen LogP contribution in [0.1, 0.15) is 15.9 Å². The molecule has 0 saturated carbocycles. The van der Waals surface area contributed by atoms with Crippen molar-refractivity contribution in [1.82, 2.24) is 9.78 Å². The molecule has 158 valence electrons. The van der Waals surface area contributed by atoms with Crippen LogP contribution in [0.3, 0.4) is 0 Å². The third kappa shape index (κ3) is 4.41. The number of carbonyl (C=O) groups excluding carboxylic acids is 1. The molecule has 0 fully saturated rings. The van der Waals surface area contributed by atoms with Crippen molar-refractivity contribution in [3.8, 4) is 17.3 Å². The molecule has 0 radical (unpaired) electrons. The lowest BCUT2D eigenvalue weighted by Crippen LogP contribution is -2.21. The van der Waals surface area contributed by atoms with Crippen LogP contribution in [-0.2, 0) is 6.54 Å². The van der Waals surface area contributed by atoms with Crippen LogP contribution in [0.2, 0.25) is 0 Å². The number of nitrogens with zero attached hydrogens (tertiary/aromatic N) is 3. The number of hydrogen-bond donors (Lipinski definition) is 2. The van der Waals surface area contributed by atoms with E-state index >= 15 is 0 Å². The van der Waals surface area contributed by atoms with E-state index in [2.05, 4.69) is 20.3 Å². The number of furan rings is 1. The SMILES string of the molecule is CN(C)c1ccc(CNc2[nH+]c(-c3ccco3)nn2C(=O)c2cccc(OO)c2)cc1. The lowest BCUT2D eigenvalue weighted by molar-refractivity contribution is -0.349. The highest BCUT2D eigenvalue weighted by Crippen LogP contribution is 2.19. The lowest BCUT2D eigenvalue weighted by atomic mass is 10.2. The van der Waals surface area contributed by atoms with E-state index in [-0.39, 0.29) is 5.75 Å². The maximum atomic E-state index is 13.1. The molecule has 9 heteroatoms. The summed E-state index contributed by atoms with van der Waals surface area (Å²) in [5, 5.41) is 16.5. The van der Waals surface area contributed by atoms with Crippen molar-refractivity contribution in [2.24, 2.45) is 0 Å². The molecule has 0 bridgehead atoms. The predicted octanol–water partition coefficient (Wildman–Crippen LogP) is 3.18. The van der Waals surface area contributed by atoms with E-state index in [0.29, 0.717) is 29.6 Å². The van der Waals surface area contributed by atoms with Crippen LogP contribution in [0, 0.1) is 0 Å². The van der Waals surface area contributed by atoms with Crippen molar-refractivity contribution < 1.29 is 24.3 Å². The molecule has 0 amide bonds. The normalized spacial score (nSPS) is 10.7. The van der Waals surface area contributed by atoms with Crippen molar-refractivity contribution in [1.29, 1.82) is 0 Å². The van der Waals surface area contributed by atoms with Crippen molar-refractivity contribution in [2.75, 3.05) is 24.3 Å². The zero-order valence-electron chi connectivity index (χ0n) is 17.1. The maximum absolute atomic E-state index is 13.1. The Morgan fingerprint density at radius 3 is 2.68 bits per heavy atom. The number of benzene rings is 2. The van der Waals surface area contributed by atoms with Crippen LogP contribution in [0.15, 0.2) is 71.3 Å². The first kappa shape index (κ1) is 20.2. The zero-order valence-corrected chi connectivity index (χ0v) is 17.1. The van der Waals surface area contributed by atoms with E-state index < -0.39 is 5.91 Å². The van der Waals surface area contributed by atoms with Gasteiger partial charge in [-0.2, -0.15) is 0 Å². The molecule has 31 heavy (non-hydrogen) atoms. The standard InChI is InChI=1S/C22H21N5O4/c1-26(2)17-10-8-15(9-11-17)14-23-22-24-20(19-7-4-12-30-19)25-27(22)21(28)16-5-3-6-18(13-16)31-29/h3-13,29H,14H2,1-2H3,(H,23,24,25)/p+1. The van der Waals surface area contributed by atoms with Crippen molar-refractivity contribution >= 4 is 17.5 Å². The first-order chi connectivity index (χ1) is 15.0. The number of hydrogen-bond acceptors (Lipinski definition) is 7. The van der Waals surface area contributed by atoms with E-state index in [0.717, 1.165) is 11.3 Å². The van der Waals surface area contributed by atoms with Gasteiger partial charge >= 0.3 is 17.7 Å². The Hall–Kier alpha value is -4.11. The summed E-state index contributed by atoms with van der Waals surface area (Å²) in [6.07, 6.45) is 1.53. The monoisotopic (exact) mass is 420 g/mol. The molecular formula is C22H22N5O4+. The smallest absolute Gasteiger partial charge is 0.351 e. The van der Waals surface area contributed by atoms with Crippen LogP contribution in [-0.4, -0.2) is 35.0 Å². The Morgan fingerprint density at radius 2 is 2.00 bits per heavy atom. The molecular weight excluding hydrogens is 398 g/mol. The Labute approximate surface area is 178 Å². The Bertz CT molecular complexity index is 1170. The number of carbonyl (C=O) groups is 1. The molecule has 2 aromatic carbocycles. The van der Waals surface area contributed by atoms with Crippen molar-refractivity contribution in [3.63, 3.8) is 0 Å². The number of H-pyrrole nitrogens is 1. The Balaban J connectivity index is 1.63. The second-order valence-electron chi connectivity index (χ2n) is 7.05. The number of nitrogens with one attached hydrogen (secondary N) is 2. The fraction of sp³-hybridized carbons (Fsp3) is 0.136. The molecule has 0 aliphatic rings. The first-order valence-electron chi connectivity index (χ1n) is 9.57. The van der Waals surface area contributed by atoms with Crippen molar-refractivity contribution in [2.45, 2.75) is 6.54 Å². The summed E-state index contributed by atoms with van der Waals surface area (Å²) in [7, 11) is 3.97. The van der Waals surface area contributed by atoms with Crippen LogP contribution >= 0.6 is 0 Å². The van der Waals surface area contributed by atoms with E-state index in [1.54, 1.807) is 24.3 Å². The average Bonchev–Trinajstić information content (AvgIpc) is 3.47. The topological polar surface area (TPSA) is 107 Å². The minimum atomic E-state index is -0.404. The third-order valence-corrected chi connectivity index (χ3v) is 4.69. The fourth-order valence-electron chi connectivity index (χ4n) is 3.04. The molecule has 4 aromatic rings. The summed E-state index contributed by atoms with van der Waals surface area (Å²) in [4.78, 5) is 22.5. The van der Waals surface area contributed by atoms with E-state index in [1.807, 2.05) is 43.3 Å². The largest absolute Gasteiger partial charge is 0.459 e. The molecule has 0 aliphatic heterocycles. The van der Waals surface area contributed by atoms with Crippen LogP contribution in [0.4, 0.5) is 11.6 Å². The van der Waals surface area contributed by atoms with E-state index in [9.17, 15) is 4.79 Å². The van der Waals surface area contributed by atoms with Gasteiger partial charge in [0.15, 0.2) is 11.5 Å². The van der Waals surface area contributed by atoms with Gasteiger partial charge in [-0.25, -0.2) is 10.2 Å². The first-order valence-corrected chi connectivity index (χ1v) is 9.57. The van der Waals surface area contributed by atoms with Gasteiger partial charge in [0, 0.05) is 24.9 Å². The molecule has 0 saturated heterocycles. The highest BCUT2D eigenvalue weighted by molar-refractivity contribution is 5.97. The average molecular weight is 420 g/mol. The molecule has 9 nitrogen and oxygen atoms in total. The lowest BCUT2D eigenvalue weighted by Gasteiger charge is -2.12. The molecule has 2 heterocycles. The van der Waals surface area contributed by atoms with E-state index in [1.165, 1.54) is 23.1 Å². The van der Waals surface area contributed by atoms with Gasteiger partial charge in [-0.1, -0.05) is 18.2 Å². The van der Waals surface area contributed by atoms with Gasteiger partial charge in [-0.05, 0) is 52.7 Å². The van der Waals surface area contributed by atoms with Gasteiger partial charge in [0.2, 0.25) is 0 Å². The quantitative estimate of drug-likeness (QED) is 0.349. The van der Waals surface area contributed by atoms with E-state index in [4.69, 9.17) is 9.67 Å². The zero-order chi connectivity index (χ0) is 21.8. The highest BCUT2D eigenvalue weighted by atomic mass is 17.1. The summed E-state index contributed by atoms with van der Waals surface area (Å²) < 4.78 is 6.63. The predicted molar refractivity (Wildman–Crippen MR) is 114 cm³/mol. The number of aromatic amines is 1. The Kier molecular flexibility index (Phi) is 5.67. The summed E-state index contributed by atoms with van der Waals surface area (Å²) in [6, 6.07) is 17.8. The molecule has 0 unspecified atom stereocenters. The summed E-state index contributed by atoms with van der Waals surface area (Å²) in [5.41, 5.74) is 2.43.